The quantitative estimate of drug-likeness (QED) is 0.624. The SMILES string of the molecule is CCCCNC(=O)C1(NC(=O)CCc2nc3ccccc3[nH]2)CCCCC1. The molecule has 0 radical (unpaired) electrons. The monoisotopic (exact) mass is 370 g/mol. The van der Waals surface area contributed by atoms with E-state index in [4.69, 9.17) is 0 Å². The van der Waals surface area contributed by atoms with Gasteiger partial charge in [0, 0.05) is 19.4 Å². The van der Waals surface area contributed by atoms with E-state index in [1.54, 1.807) is 0 Å². The summed E-state index contributed by atoms with van der Waals surface area (Å²) in [7, 11) is 0. The van der Waals surface area contributed by atoms with Crippen molar-refractivity contribution >= 4 is 22.8 Å². The molecule has 2 amide bonds. The van der Waals surface area contributed by atoms with Crippen molar-refractivity contribution in [2.24, 2.45) is 0 Å². The van der Waals surface area contributed by atoms with Crippen LogP contribution in [0.2, 0.25) is 0 Å². The van der Waals surface area contributed by atoms with Crippen molar-refractivity contribution < 1.29 is 9.59 Å². The molecule has 0 spiro atoms. The van der Waals surface area contributed by atoms with Crippen molar-refractivity contribution in [2.45, 2.75) is 70.3 Å². The summed E-state index contributed by atoms with van der Waals surface area (Å²) in [5, 5.41) is 6.09. The third-order valence-electron chi connectivity index (χ3n) is 5.36. The van der Waals surface area contributed by atoms with Crippen LogP contribution < -0.4 is 10.6 Å². The minimum atomic E-state index is -0.739. The van der Waals surface area contributed by atoms with Crippen LogP contribution in [-0.2, 0) is 16.0 Å². The van der Waals surface area contributed by atoms with E-state index in [9.17, 15) is 9.59 Å². The molecule has 1 heterocycles. The van der Waals surface area contributed by atoms with E-state index in [0.29, 0.717) is 19.4 Å². The van der Waals surface area contributed by atoms with E-state index in [-0.39, 0.29) is 11.8 Å². The first-order valence-electron chi connectivity index (χ1n) is 10.2. The topological polar surface area (TPSA) is 86.9 Å². The Morgan fingerprint density at radius 2 is 1.96 bits per heavy atom. The van der Waals surface area contributed by atoms with E-state index in [0.717, 1.165) is 61.8 Å². The Hall–Kier alpha value is -2.37. The van der Waals surface area contributed by atoms with Crippen LogP contribution in [0.4, 0.5) is 0 Å². The lowest BCUT2D eigenvalue weighted by Gasteiger charge is -2.36. The summed E-state index contributed by atoms with van der Waals surface area (Å²) in [5.41, 5.74) is 1.15. The summed E-state index contributed by atoms with van der Waals surface area (Å²) >= 11 is 0. The van der Waals surface area contributed by atoms with Crippen molar-refractivity contribution in [3.63, 3.8) is 0 Å². The van der Waals surface area contributed by atoms with Crippen LogP contribution in [0.15, 0.2) is 24.3 Å². The average molecular weight is 370 g/mol. The molecule has 27 heavy (non-hydrogen) atoms. The highest BCUT2D eigenvalue weighted by Gasteiger charge is 2.40. The van der Waals surface area contributed by atoms with Gasteiger partial charge >= 0.3 is 0 Å². The van der Waals surface area contributed by atoms with E-state index < -0.39 is 5.54 Å². The van der Waals surface area contributed by atoms with Crippen molar-refractivity contribution in [3.05, 3.63) is 30.1 Å². The number of benzene rings is 1. The third kappa shape index (κ3) is 4.87. The molecule has 3 rings (SSSR count). The van der Waals surface area contributed by atoms with Gasteiger partial charge in [0.25, 0.3) is 0 Å². The molecule has 1 aromatic carbocycles. The molecule has 1 fully saturated rings. The van der Waals surface area contributed by atoms with Gasteiger partial charge in [0.15, 0.2) is 0 Å². The Morgan fingerprint density at radius 3 is 2.70 bits per heavy atom. The molecular formula is C21H30N4O2. The minimum Gasteiger partial charge on any atom is -0.354 e. The fraction of sp³-hybridized carbons (Fsp3) is 0.571. The van der Waals surface area contributed by atoms with Crippen LogP contribution in [0.5, 0.6) is 0 Å². The lowest BCUT2D eigenvalue weighted by molar-refractivity contribution is -0.135. The van der Waals surface area contributed by atoms with Gasteiger partial charge in [-0.15, -0.1) is 0 Å². The summed E-state index contributed by atoms with van der Waals surface area (Å²) in [6, 6.07) is 7.83. The number of imidazole rings is 1. The van der Waals surface area contributed by atoms with Crippen LogP contribution in [0.3, 0.4) is 0 Å². The lowest BCUT2D eigenvalue weighted by atomic mass is 9.80. The molecule has 0 unspecified atom stereocenters. The number of hydrogen-bond donors (Lipinski definition) is 3. The van der Waals surface area contributed by atoms with Gasteiger partial charge in [0.05, 0.1) is 11.0 Å². The Labute approximate surface area is 160 Å². The number of unbranched alkanes of at least 4 members (excludes halogenated alkanes) is 1. The Kier molecular flexibility index (Phi) is 6.48. The number of amides is 2. The summed E-state index contributed by atoms with van der Waals surface area (Å²) in [5.74, 6) is 0.701. The van der Waals surface area contributed by atoms with Gasteiger partial charge < -0.3 is 15.6 Å². The number of fused-ring (bicyclic) bond motifs is 1. The first kappa shape index (κ1) is 19.4. The number of nitrogens with one attached hydrogen (secondary N) is 3. The molecule has 3 N–H and O–H groups in total. The standard InChI is InChI=1S/C21H30N4O2/c1-2-3-15-22-20(27)21(13-7-4-8-14-21)25-19(26)12-11-18-23-16-9-5-6-10-17(16)24-18/h5-6,9-10H,2-4,7-8,11-15H2,1H3,(H,22,27)(H,23,24)(H,25,26). The summed E-state index contributed by atoms with van der Waals surface area (Å²) < 4.78 is 0. The zero-order valence-electron chi connectivity index (χ0n) is 16.1. The molecule has 0 aliphatic heterocycles. The molecule has 6 nitrogen and oxygen atoms in total. The smallest absolute Gasteiger partial charge is 0.245 e. The van der Waals surface area contributed by atoms with Gasteiger partial charge in [-0.25, -0.2) is 4.98 Å². The van der Waals surface area contributed by atoms with Crippen LogP contribution in [0.25, 0.3) is 11.0 Å². The molecule has 2 aromatic rings. The predicted molar refractivity (Wildman–Crippen MR) is 106 cm³/mol. The van der Waals surface area contributed by atoms with Crippen LogP contribution >= 0.6 is 0 Å². The molecule has 0 saturated heterocycles. The van der Waals surface area contributed by atoms with Gasteiger partial charge in [-0.05, 0) is 31.4 Å². The van der Waals surface area contributed by atoms with E-state index >= 15 is 0 Å². The number of nitrogens with zero attached hydrogens (tertiary/aromatic N) is 1. The molecule has 1 saturated carbocycles. The molecule has 146 valence electrons. The highest BCUT2D eigenvalue weighted by atomic mass is 16.2. The fourth-order valence-electron chi connectivity index (χ4n) is 3.80. The van der Waals surface area contributed by atoms with Gasteiger partial charge in [-0.2, -0.15) is 0 Å². The number of carbonyl (C=O) groups is 2. The van der Waals surface area contributed by atoms with Crippen LogP contribution in [0, 0.1) is 0 Å². The highest BCUT2D eigenvalue weighted by molar-refractivity contribution is 5.91. The second-order valence-corrected chi connectivity index (χ2v) is 7.50. The Balaban J connectivity index is 1.59. The number of para-hydroxylation sites is 2. The maximum atomic E-state index is 12.8. The van der Waals surface area contributed by atoms with E-state index in [2.05, 4.69) is 27.5 Å². The van der Waals surface area contributed by atoms with Crippen molar-refractivity contribution in [1.29, 1.82) is 0 Å². The number of rotatable bonds is 8. The molecule has 0 atom stereocenters. The van der Waals surface area contributed by atoms with Gasteiger partial charge in [0.2, 0.25) is 11.8 Å². The van der Waals surface area contributed by atoms with E-state index in [1.165, 1.54) is 0 Å². The normalized spacial score (nSPS) is 16.2. The van der Waals surface area contributed by atoms with Crippen LogP contribution in [0.1, 0.15) is 64.1 Å². The predicted octanol–water partition coefficient (Wildman–Crippen LogP) is 3.23. The molecular weight excluding hydrogens is 340 g/mol. The maximum absolute atomic E-state index is 12.8. The molecule has 0 bridgehead atoms. The zero-order chi connectivity index (χ0) is 19.1. The third-order valence-corrected chi connectivity index (χ3v) is 5.36. The largest absolute Gasteiger partial charge is 0.354 e. The van der Waals surface area contributed by atoms with E-state index in [1.807, 2.05) is 24.3 Å². The first-order valence-corrected chi connectivity index (χ1v) is 10.2. The number of H-pyrrole nitrogens is 1. The molecule has 1 aromatic heterocycles. The Bertz CT molecular complexity index is 744. The maximum Gasteiger partial charge on any atom is 0.245 e. The first-order chi connectivity index (χ1) is 13.1. The average Bonchev–Trinajstić information content (AvgIpc) is 3.10. The number of aromatic nitrogens is 2. The van der Waals surface area contributed by atoms with Crippen LogP contribution in [-0.4, -0.2) is 33.9 Å². The summed E-state index contributed by atoms with van der Waals surface area (Å²) in [4.78, 5) is 33.2. The van der Waals surface area contributed by atoms with Gasteiger partial charge in [-0.3, -0.25) is 9.59 Å². The van der Waals surface area contributed by atoms with Crippen molar-refractivity contribution in [2.75, 3.05) is 6.54 Å². The zero-order valence-corrected chi connectivity index (χ0v) is 16.1. The van der Waals surface area contributed by atoms with Crippen molar-refractivity contribution in [1.82, 2.24) is 20.6 Å². The second kappa shape index (κ2) is 9.02. The van der Waals surface area contributed by atoms with Gasteiger partial charge in [0.1, 0.15) is 11.4 Å². The fourth-order valence-corrected chi connectivity index (χ4v) is 3.80. The van der Waals surface area contributed by atoms with Crippen molar-refractivity contribution in [3.8, 4) is 0 Å². The molecule has 6 heteroatoms. The lowest BCUT2D eigenvalue weighted by Crippen LogP contribution is -2.59. The molecule has 1 aliphatic carbocycles. The summed E-state index contributed by atoms with van der Waals surface area (Å²) in [6.07, 6.45) is 7.38. The highest BCUT2D eigenvalue weighted by Crippen LogP contribution is 2.28. The number of aryl methyl sites for hydroxylation is 1. The molecule has 1 aliphatic rings. The second-order valence-electron chi connectivity index (χ2n) is 7.50. The number of aromatic amines is 1. The summed E-state index contributed by atoms with van der Waals surface area (Å²) in [6.45, 7) is 2.77. The minimum absolute atomic E-state index is 0.0206. The number of carbonyl (C=O) groups excluding carboxylic acids is 2. The Morgan fingerprint density at radius 1 is 1.19 bits per heavy atom. The number of hydrogen-bond acceptors (Lipinski definition) is 3. The van der Waals surface area contributed by atoms with Gasteiger partial charge in [-0.1, -0.05) is 44.7 Å².